The van der Waals surface area contributed by atoms with E-state index in [1.165, 1.54) is 77.4 Å². The molecule has 1 aliphatic rings. The molecule has 2 nitrogen and oxygen atoms in total. The van der Waals surface area contributed by atoms with Gasteiger partial charge in [0.25, 0.3) is 0 Å². The van der Waals surface area contributed by atoms with E-state index >= 15 is 0 Å². The van der Waals surface area contributed by atoms with Crippen LogP contribution < -0.4 is 0 Å². The second kappa shape index (κ2) is 14.8. The van der Waals surface area contributed by atoms with E-state index in [1.54, 1.807) is 0 Å². The molecule has 0 saturated heterocycles. The van der Waals surface area contributed by atoms with E-state index in [4.69, 9.17) is 0 Å². The average molecular weight is 783 g/mol. The highest BCUT2D eigenvalue weighted by Crippen LogP contribution is 2.56. The van der Waals surface area contributed by atoms with Crippen LogP contribution in [0.25, 0.3) is 60.9 Å². The Labute approximate surface area is 358 Å². The molecule has 2 heterocycles. The van der Waals surface area contributed by atoms with Gasteiger partial charge in [0, 0.05) is 34.3 Å². The summed E-state index contributed by atoms with van der Waals surface area (Å²) in [6.45, 7) is 4.76. The predicted octanol–water partition coefficient (Wildman–Crippen LogP) is 15.0. The van der Waals surface area contributed by atoms with Crippen molar-refractivity contribution in [2.24, 2.45) is 0 Å². The van der Waals surface area contributed by atoms with E-state index in [-0.39, 0.29) is 5.41 Å². The molecule has 8 aromatic carbocycles. The molecule has 0 spiro atoms. The fraction of sp³-hybridized carbons (Fsp3) is 0.102. The first kappa shape index (κ1) is 36.8. The van der Waals surface area contributed by atoms with E-state index in [0.717, 1.165) is 29.7 Å². The van der Waals surface area contributed by atoms with Crippen molar-refractivity contribution in [1.82, 2.24) is 9.55 Å². The third-order valence-corrected chi connectivity index (χ3v) is 13.7. The van der Waals surface area contributed by atoms with Crippen molar-refractivity contribution in [3.63, 3.8) is 0 Å². The standard InChI is InChI=1S/C59H46N2/c1-3-58(4-2)54-38-43(42-29-35-57-53(37-42)52-24-14-15-25-56(52)61(57)49-31-26-41(27-32-49)44-17-16-36-60-40-44)28-33-50(54)51-34-30-48(39-55(51)58)59(45-18-8-5-9-19-45,46-20-10-6-11-21-46)47-22-12-7-13-23-47/h5-40H,3-4H2,1-2H3. The van der Waals surface area contributed by atoms with Gasteiger partial charge in [0.15, 0.2) is 0 Å². The van der Waals surface area contributed by atoms with Gasteiger partial charge in [-0.15, -0.1) is 0 Å². The molecule has 0 fully saturated rings. The zero-order valence-electron chi connectivity index (χ0n) is 34.6. The third kappa shape index (κ3) is 5.66. The van der Waals surface area contributed by atoms with Crippen molar-refractivity contribution in [2.45, 2.75) is 37.5 Å². The summed E-state index contributed by atoms with van der Waals surface area (Å²) < 4.78 is 2.40. The Morgan fingerprint density at radius 3 is 1.59 bits per heavy atom. The van der Waals surface area contributed by atoms with Gasteiger partial charge >= 0.3 is 0 Å². The van der Waals surface area contributed by atoms with Crippen LogP contribution >= 0.6 is 0 Å². The number of nitrogens with zero attached hydrogens (tertiary/aromatic N) is 2. The summed E-state index contributed by atoms with van der Waals surface area (Å²) in [5.41, 5.74) is 18.4. The van der Waals surface area contributed by atoms with Gasteiger partial charge in [-0.3, -0.25) is 4.98 Å². The van der Waals surface area contributed by atoms with Crippen molar-refractivity contribution in [2.75, 3.05) is 0 Å². The fourth-order valence-electron chi connectivity index (χ4n) is 10.8. The molecular formula is C59H46N2. The summed E-state index contributed by atoms with van der Waals surface area (Å²) in [6.07, 6.45) is 5.76. The molecule has 2 aromatic heterocycles. The lowest BCUT2D eigenvalue weighted by Crippen LogP contribution is -2.32. The zero-order chi connectivity index (χ0) is 41.0. The number of para-hydroxylation sites is 1. The summed E-state index contributed by atoms with van der Waals surface area (Å²) in [7, 11) is 0. The maximum atomic E-state index is 4.33. The van der Waals surface area contributed by atoms with Crippen LogP contribution in [0.1, 0.15) is 60.1 Å². The minimum atomic E-state index is -0.498. The van der Waals surface area contributed by atoms with Crippen molar-refractivity contribution in [3.05, 3.63) is 252 Å². The van der Waals surface area contributed by atoms with E-state index < -0.39 is 5.41 Å². The SMILES string of the molecule is CCC1(CC)c2cc(-c3ccc4c(c3)c3ccccc3n4-c3ccc(-c4cccnc4)cc3)ccc2-c2ccc(C(c3ccccc3)(c3ccccc3)c3ccccc3)cc21. The molecule has 1 aliphatic carbocycles. The Morgan fingerprint density at radius 1 is 0.426 bits per heavy atom. The van der Waals surface area contributed by atoms with Crippen molar-refractivity contribution in [3.8, 4) is 39.1 Å². The van der Waals surface area contributed by atoms with Gasteiger partial charge in [0.05, 0.1) is 16.4 Å². The highest BCUT2D eigenvalue weighted by molar-refractivity contribution is 6.10. The Balaban J connectivity index is 1.04. The molecule has 0 bridgehead atoms. The number of benzene rings is 8. The molecule has 0 unspecified atom stereocenters. The Bertz CT molecular complexity index is 3080. The monoisotopic (exact) mass is 782 g/mol. The summed E-state index contributed by atoms with van der Waals surface area (Å²) in [5, 5.41) is 2.51. The average Bonchev–Trinajstić information content (AvgIpc) is 3.82. The Kier molecular flexibility index (Phi) is 8.90. The number of fused-ring (bicyclic) bond motifs is 6. The molecule has 10 aromatic rings. The molecule has 0 N–H and O–H groups in total. The normalized spacial score (nSPS) is 13.0. The van der Waals surface area contributed by atoms with Crippen molar-refractivity contribution < 1.29 is 0 Å². The number of rotatable bonds is 9. The van der Waals surface area contributed by atoms with Gasteiger partial charge in [-0.05, 0) is 122 Å². The molecular weight excluding hydrogens is 737 g/mol. The molecule has 61 heavy (non-hydrogen) atoms. The number of hydrogen-bond acceptors (Lipinski definition) is 1. The van der Waals surface area contributed by atoms with Gasteiger partial charge in [-0.2, -0.15) is 0 Å². The van der Waals surface area contributed by atoms with Crippen LogP contribution in [0.4, 0.5) is 0 Å². The van der Waals surface area contributed by atoms with Gasteiger partial charge in [-0.1, -0.05) is 178 Å². The first-order chi connectivity index (χ1) is 30.1. The quantitative estimate of drug-likeness (QED) is 0.133. The molecule has 0 radical (unpaired) electrons. The van der Waals surface area contributed by atoms with Gasteiger partial charge < -0.3 is 4.57 Å². The summed E-state index contributed by atoms with van der Waals surface area (Å²) >= 11 is 0. The number of hydrogen-bond donors (Lipinski definition) is 0. The van der Waals surface area contributed by atoms with Crippen LogP contribution in [0.3, 0.4) is 0 Å². The second-order valence-electron chi connectivity index (χ2n) is 16.5. The maximum Gasteiger partial charge on any atom is 0.0701 e. The smallest absolute Gasteiger partial charge is 0.0701 e. The van der Waals surface area contributed by atoms with Crippen molar-refractivity contribution >= 4 is 21.8 Å². The number of pyridine rings is 1. The first-order valence-corrected chi connectivity index (χ1v) is 21.6. The van der Waals surface area contributed by atoms with Crippen LogP contribution in [0, 0.1) is 0 Å². The van der Waals surface area contributed by atoms with Crippen LogP contribution in [-0.4, -0.2) is 9.55 Å². The van der Waals surface area contributed by atoms with E-state index in [9.17, 15) is 0 Å². The predicted molar refractivity (Wildman–Crippen MR) is 255 cm³/mol. The van der Waals surface area contributed by atoms with Crippen LogP contribution in [0.15, 0.2) is 219 Å². The van der Waals surface area contributed by atoms with Gasteiger partial charge in [0.2, 0.25) is 0 Å². The molecule has 0 aliphatic heterocycles. The van der Waals surface area contributed by atoms with E-state index in [1.807, 2.05) is 18.5 Å². The molecule has 0 saturated carbocycles. The first-order valence-electron chi connectivity index (χ1n) is 21.6. The minimum absolute atomic E-state index is 0.130. The second-order valence-corrected chi connectivity index (χ2v) is 16.5. The van der Waals surface area contributed by atoms with Crippen LogP contribution in [-0.2, 0) is 10.8 Å². The topological polar surface area (TPSA) is 17.8 Å². The Hall–Kier alpha value is -7.29. The lowest BCUT2D eigenvalue weighted by Gasteiger charge is -2.38. The minimum Gasteiger partial charge on any atom is -0.309 e. The fourth-order valence-corrected chi connectivity index (χ4v) is 10.8. The van der Waals surface area contributed by atoms with Crippen LogP contribution in [0.5, 0.6) is 0 Å². The molecule has 2 heteroatoms. The summed E-state index contributed by atoms with van der Waals surface area (Å²) in [4.78, 5) is 4.33. The lowest BCUT2D eigenvalue weighted by atomic mass is 9.64. The largest absolute Gasteiger partial charge is 0.309 e. The highest BCUT2D eigenvalue weighted by Gasteiger charge is 2.44. The zero-order valence-corrected chi connectivity index (χ0v) is 34.6. The molecule has 292 valence electrons. The highest BCUT2D eigenvalue weighted by atomic mass is 15.0. The maximum absolute atomic E-state index is 4.33. The van der Waals surface area contributed by atoms with E-state index in [0.29, 0.717) is 0 Å². The van der Waals surface area contributed by atoms with Crippen molar-refractivity contribution in [1.29, 1.82) is 0 Å². The number of aromatic nitrogens is 2. The van der Waals surface area contributed by atoms with Gasteiger partial charge in [0.1, 0.15) is 0 Å². The molecule has 0 atom stereocenters. The van der Waals surface area contributed by atoms with E-state index in [2.05, 4.69) is 224 Å². The van der Waals surface area contributed by atoms with Gasteiger partial charge in [-0.25, -0.2) is 0 Å². The molecule has 0 amide bonds. The summed E-state index contributed by atoms with van der Waals surface area (Å²) in [6, 6.07) is 76.7. The third-order valence-electron chi connectivity index (χ3n) is 13.7. The Morgan fingerprint density at radius 2 is 0.967 bits per heavy atom. The molecule has 11 rings (SSSR count). The summed E-state index contributed by atoms with van der Waals surface area (Å²) in [5.74, 6) is 0. The lowest BCUT2D eigenvalue weighted by molar-refractivity contribution is 0.489. The van der Waals surface area contributed by atoms with Crippen LogP contribution in [0.2, 0.25) is 0 Å².